The van der Waals surface area contributed by atoms with Gasteiger partial charge in [0.1, 0.15) is 11.4 Å². The van der Waals surface area contributed by atoms with Gasteiger partial charge in [-0.25, -0.2) is 4.79 Å². The van der Waals surface area contributed by atoms with Crippen LogP contribution in [0, 0.1) is 0 Å². The molecule has 24 heavy (non-hydrogen) atoms. The van der Waals surface area contributed by atoms with E-state index in [4.69, 9.17) is 9.47 Å². The number of carbonyl (C=O) groups is 1. The van der Waals surface area contributed by atoms with Crippen LogP contribution in [0.2, 0.25) is 0 Å². The molecular weight excluding hydrogens is 302 g/mol. The molecule has 2 aromatic carbocycles. The first-order valence-electron chi connectivity index (χ1n) is 8.40. The molecule has 1 saturated heterocycles. The summed E-state index contributed by atoms with van der Waals surface area (Å²) in [5.41, 5.74) is 2.36. The molecule has 1 fully saturated rings. The SMILES string of the molecule is COc1ccc2c(c1)C(c1ccccc1)C1(CCNCC1)OC2=O. The minimum atomic E-state index is -0.483. The molecule has 2 aromatic rings. The summed E-state index contributed by atoms with van der Waals surface area (Å²) in [5.74, 6) is 0.582. The molecule has 2 aliphatic rings. The van der Waals surface area contributed by atoms with Gasteiger partial charge in [-0.15, -0.1) is 0 Å². The number of benzene rings is 2. The van der Waals surface area contributed by atoms with Crippen LogP contribution in [0.25, 0.3) is 0 Å². The molecule has 1 spiro atoms. The number of ether oxygens (including phenoxy) is 2. The van der Waals surface area contributed by atoms with E-state index in [0.29, 0.717) is 5.56 Å². The highest BCUT2D eigenvalue weighted by Crippen LogP contribution is 2.48. The van der Waals surface area contributed by atoms with Gasteiger partial charge in [0.25, 0.3) is 0 Å². The van der Waals surface area contributed by atoms with Gasteiger partial charge in [0.05, 0.1) is 18.6 Å². The van der Waals surface area contributed by atoms with Gasteiger partial charge in [0.15, 0.2) is 0 Å². The summed E-state index contributed by atoms with van der Waals surface area (Å²) in [4.78, 5) is 12.7. The first-order valence-corrected chi connectivity index (χ1v) is 8.40. The van der Waals surface area contributed by atoms with Gasteiger partial charge in [0.2, 0.25) is 0 Å². The Balaban J connectivity index is 1.92. The summed E-state index contributed by atoms with van der Waals surface area (Å²) in [6.45, 7) is 1.71. The van der Waals surface area contributed by atoms with Crippen molar-refractivity contribution < 1.29 is 14.3 Å². The predicted molar refractivity (Wildman–Crippen MR) is 91.5 cm³/mol. The van der Waals surface area contributed by atoms with E-state index in [1.54, 1.807) is 7.11 Å². The molecular formula is C20H21NO3. The number of rotatable bonds is 2. The maximum Gasteiger partial charge on any atom is 0.339 e. The van der Waals surface area contributed by atoms with Crippen molar-refractivity contribution in [2.45, 2.75) is 24.4 Å². The Kier molecular flexibility index (Phi) is 3.77. The van der Waals surface area contributed by atoms with Gasteiger partial charge in [-0.3, -0.25) is 0 Å². The number of hydrogen-bond donors (Lipinski definition) is 1. The van der Waals surface area contributed by atoms with E-state index >= 15 is 0 Å². The van der Waals surface area contributed by atoms with Crippen LogP contribution in [0.4, 0.5) is 0 Å². The molecule has 4 heteroatoms. The lowest BCUT2D eigenvalue weighted by molar-refractivity contribution is -0.0499. The second-order valence-corrected chi connectivity index (χ2v) is 6.50. The smallest absolute Gasteiger partial charge is 0.339 e. The third kappa shape index (κ3) is 2.38. The van der Waals surface area contributed by atoms with Gasteiger partial charge in [0, 0.05) is 12.8 Å². The van der Waals surface area contributed by atoms with Gasteiger partial charge in [-0.1, -0.05) is 30.3 Å². The zero-order valence-electron chi connectivity index (χ0n) is 13.7. The van der Waals surface area contributed by atoms with Crippen LogP contribution in [0.5, 0.6) is 5.75 Å². The summed E-state index contributed by atoms with van der Waals surface area (Å²) >= 11 is 0. The highest BCUT2D eigenvalue weighted by Gasteiger charge is 2.49. The molecule has 2 aliphatic heterocycles. The van der Waals surface area contributed by atoms with E-state index in [2.05, 4.69) is 17.4 Å². The quantitative estimate of drug-likeness (QED) is 0.863. The molecule has 0 radical (unpaired) electrons. The maximum atomic E-state index is 12.7. The van der Waals surface area contributed by atoms with E-state index in [1.165, 1.54) is 5.56 Å². The number of methoxy groups -OCH3 is 1. The Morgan fingerprint density at radius 1 is 1.12 bits per heavy atom. The fourth-order valence-corrected chi connectivity index (χ4v) is 4.04. The Hall–Kier alpha value is -2.33. The molecule has 0 amide bonds. The highest BCUT2D eigenvalue weighted by atomic mass is 16.6. The number of piperidine rings is 1. The molecule has 0 saturated carbocycles. The van der Waals surface area contributed by atoms with E-state index in [9.17, 15) is 4.79 Å². The van der Waals surface area contributed by atoms with Crippen LogP contribution in [0.1, 0.15) is 40.2 Å². The minimum Gasteiger partial charge on any atom is -0.497 e. The van der Waals surface area contributed by atoms with E-state index < -0.39 is 5.60 Å². The van der Waals surface area contributed by atoms with Gasteiger partial charge >= 0.3 is 5.97 Å². The molecule has 0 bridgehead atoms. The van der Waals surface area contributed by atoms with Crippen LogP contribution in [-0.2, 0) is 4.74 Å². The van der Waals surface area contributed by atoms with Crippen molar-refractivity contribution in [3.8, 4) is 5.75 Å². The van der Waals surface area contributed by atoms with E-state index in [-0.39, 0.29) is 11.9 Å². The molecule has 2 heterocycles. The standard InChI is InChI=1S/C20H21NO3/c1-23-15-7-8-16-17(13-15)18(14-5-3-2-4-6-14)20(24-19(16)22)9-11-21-12-10-20/h2-8,13,18,21H,9-12H2,1H3. The maximum absolute atomic E-state index is 12.7. The fraction of sp³-hybridized carbons (Fsp3) is 0.350. The molecule has 1 atom stereocenters. The molecule has 124 valence electrons. The Morgan fingerprint density at radius 3 is 2.58 bits per heavy atom. The van der Waals surface area contributed by atoms with Crippen molar-refractivity contribution in [3.05, 3.63) is 65.2 Å². The molecule has 0 aromatic heterocycles. The number of carbonyl (C=O) groups excluding carboxylic acids is 1. The van der Waals surface area contributed by atoms with E-state index in [1.807, 2.05) is 36.4 Å². The van der Waals surface area contributed by atoms with Crippen molar-refractivity contribution in [1.82, 2.24) is 5.32 Å². The number of fused-ring (bicyclic) bond motifs is 1. The van der Waals surface area contributed by atoms with Crippen LogP contribution in [0.15, 0.2) is 48.5 Å². The molecule has 4 nitrogen and oxygen atoms in total. The predicted octanol–water partition coefficient (Wildman–Crippen LogP) is 3.12. The first-order chi connectivity index (χ1) is 11.7. The molecule has 1 unspecified atom stereocenters. The normalized spacial score (nSPS) is 21.9. The van der Waals surface area contributed by atoms with Crippen molar-refractivity contribution >= 4 is 5.97 Å². The highest BCUT2D eigenvalue weighted by molar-refractivity contribution is 5.93. The fourth-order valence-electron chi connectivity index (χ4n) is 4.04. The largest absolute Gasteiger partial charge is 0.497 e. The van der Waals surface area contributed by atoms with Crippen LogP contribution < -0.4 is 10.1 Å². The average molecular weight is 323 g/mol. The molecule has 1 N–H and O–H groups in total. The van der Waals surface area contributed by atoms with Crippen LogP contribution in [0.3, 0.4) is 0 Å². The second-order valence-electron chi connectivity index (χ2n) is 6.50. The molecule has 0 aliphatic carbocycles. The Bertz CT molecular complexity index is 751. The second kappa shape index (κ2) is 5.95. The zero-order chi connectivity index (χ0) is 16.6. The van der Waals surface area contributed by atoms with Crippen molar-refractivity contribution in [3.63, 3.8) is 0 Å². The lowest BCUT2D eigenvalue weighted by Gasteiger charge is -2.46. The monoisotopic (exact) mass is 323 g/mol. The summed E-state index contributed by atoms with van der Waals surface area (Å²) in [6, 6.07) is 16.0. The van der Waals surface area contributed by atoms with Crippen LogP contribution in [-0.4, -0.2) is 31.8 Å². The summed E-state index contributed by atoms with van der Waals surface area (Å²) in [5, 5.41) is 3.37. The van der Waals surface area contributed by atoms with Gasteiger partial charge in [-0.05, 0) is 42.4 Å². The lowest BCUT2D eigenvalue weighted by atomic mass is 9.69. The Morgan fingerprint density at radius 2 is 1.88 bits per heavy atom. The van der Waals surface area contributed by atoms with Gasteiger partial charge in [-0.2, -0.15) is 0 Å². The van der Waals surface area contributed by atoms with Crippen molar-refractivity contribution in [1.29, 1.82) is 0 Å². The first kappa shape index (κ1) is 15.2. The van der Waals surface area contributed by atoms with Crippen molar-refractivity contribution in [2.75, 3.05) is 20.2 Å². The van der Waals surface area contributed by atoms with Crippen molar-refractivity contribution in [2.24, 2.45) is 0 Å². The minimum absolute atomic E-state index is 0.0311. The zero-order valence-corrected chi connectivity index (χ0v) is 13.7. The number of nitrogens with one attached hydrogen (secondary N) is 1. The summed E-state index contributed by atoms with van der Waals surface area (Å²) in [6.07, 6.45) is 1.63. The number of hydrogen-bond acceptors (Lipinski definition) is 4. The average Bonchev–Trinajstić information content (AvgIpc) is 2.63. The third-order valence-electron chi connectivity index (χ3n) is 5.19. The lowest BCUT2D eigenvalue weighted by Crippen LogP contribution is -2.52. The van der Waals surface area contributed by atoms with E-state index in [0.717, 1.165) is 37.2 Å². The van der Waals surface area contributed by atoms with Crippen LogP contribution >= 0.6 is 0 Å². The third-order valence-corrected chi connectivity index (χ3v) is 5.19. The topological polar surface area (TPSA) is 47.6 Å². The summed E-state index contributed by atoms with van der Waals surface area (Å²) in [7, 11) is 1.65. The summed E-state index contributed by atoms with van der Waals surface area (Å²) < 4.78 is 11.5. The molecule has 4 rings (SSSR count). The Labute approximate surface area is 141 Å². The number of esters is 1. The van der Waals surface area contributed by atoms with Gasteiger partial charge < -0.3 is 14.8 Å².